The maximum atomic E-state index is 12.5. The lowest BCUT2D eigenvalue weighted by Gasteiger charge is -2.30. The molecular weight excluding hydrogens is 356 g/mol. The van der Waals surface area contributed by atoms with Gasteiger partial charge >= 0.3 is 0 Å². The van der Waals surface area contributed by atoms with Gasteiger partial charge in [-0.05, 0) is 42.9 Å². The number of nitrogens with zero attached hydrogens (tertiary/aromatic N) is 1. The summed E-state index contributed by atoms with van der Waals surface area (Å²) in [6.07, 6.45) is 8.02. The molecule has 1 fully saturated rings. The number of benzene rings is 2. The van der Waals surface area contributed by atoms with Crippen molar-refractivity contribution in [3.63, 3.8) is 0 Å². The lowest BCUT2D eigenvalue weighted by atomic mass is 9.94. The zero-order chi connectivity index (χ0) is 19.1. The lowest BCUT2D eigenvalue weighted by molar-refractivity contribution is -0.921. The Kier molecular flexibility index (Phi) is 6.69. The van der Waals surface area contributed by atoms with Crippen LogP contribution in [0.3, 0.4) is 0 Å². The van der Waals surface area contributed by atoms with E-state index in [2.05, 4.69) is 11.8 Å². The Morgan fingerprint density at radius 3 is 2.41 bits per heavy atom. The van der Waals surface area contributed by atoms with E-state index in [4.69, 9.17) is 0 Å². The van der Waals surface area contributed by atoms with E-state index in [1.165, 1.54) is 42.4 Å². The minimum absolute atomic E-state index is 0.547. The summed E-state index contributed by atoms with van der Waals surface area (Å²) in [4.78, 5) is 1.44. The van der Waals surface area contributed by atoms with Gasteiger partial charge in [-0.2, -0.15) is 0 Å². The van der Waals surface area contributed by atoms with E-state index in [0.717, 1.165) is 17.7 Å². The van der Waals surface area contributed by atoms with Crippen molar-refractivity contribution in [2.45, 2.75) is 44.7 Å². The van der Waals surface area contributed by atoms with Crippen molar-refractivity contribution in [3.05, 3.63) is 75.9 Å². The fourth-order valence-electron chi connectivity index (χ4n) is 3.69. The van der Waals surface area contributed by atoms with Crippen LogP contribution in [0.2, 0.25) is 0 Å². The molecule has 4 nitrogen and oxygen atoms in total. The highest BCUT2D eigenvalue weighted by molar-refractivity contribution is 7.97. The van der Waals surface area contributed by atoms with Gasteiger partial charge in [0.2, 0.25) is 0 Å². The van der Waals surface area contributed by atoms with Crippen molar-refractivity contribution >= 4 is 21.8 Å². The number of nitrogens with one attached hydrogen (secondary N) is 1. The van der Waals surface area contributed by atoms with Gasteiger partial charge in [0.15, 0.2) is 0 Å². The summed E-state index contributed by atoms with van der Waals surface area (Å²) >= 11 is 0. The summed E-state index contributed by atoms with van der Waals surface area (Å²) in [6.45, 7) is 0.794. The Morgan fingerprint density at radius 1 is 1.00 bits per heavy atom. The highest BCUT2D eigenvalue weighted by atomic mass is 32.2. The predicted octanol–water partition coefficient (Wildman–Crippen LogP) is 4.04. The van der Waals surface area contributed by atoms with E-state index >= 15 is 0 Å². The van der Waals surface area contributed by atoms with Crippen LogP contribution in [0.5, 0.6) is 0 Å². The molecule has 0 bridgehead atoms. The van der Waals surface area contributed by atoms with Crippen molar-refractivity contribution in [1.82, 2.24) is 0 Å². The largest absolute Gasteiger partial charge is 0.573 e. The van der Waals surface area contributed by atoms with E-state index in [-0.39, 0.29) is 0 Å². The quantitative estimate of drug-likeness (QED) is 0.783. The number of quaternary nitrogens is 1. The van der Waals surface area contributed by atoms with Crippen LogP contribution in [-0.4, -0.2) is 21.5 Å². The molecule has 1 saturated carbocycles. The number of sulfonamides is 1. The van der Waals surface area contributed by atoms with E-state index in [0.29, 0.717) is 11.7 Å². The molecule has 2 aromatic rings. The topological polar surface area (TPSA) is 52.7 Å². The first-order valence-electron chi connectivity index (χ1n) is 9.65. The molecule has 3 rings (SSSR count). The second-order valence-electron chi connectivity index (χ2n) is 7.31. The summed E-state index contributed by atoms with van der Waals surface area (Å²) < 4.78 is 29.0. The first-order valence-corrected chi connectivity index (χ1v) is 11.2. The minimum atomic E-state index is -3.68. The van der Waals surface area contributed by atoms with Gasteiger partial charge in [0.05, 0.1) is 13.1 Å². The van der Waals surface area contributed by atoms with Crippen LogP contribution in [0.25, 0.3) is 10.8 Å². The van der Waals surface area contributed by atoms with Crippen molar-refractivity contribution in [3.8, 4) is 0 Å². The van der Waals surface area contributed by atoms with Gasteiger partial charge in [0.25, 0.3) is 0 Å². The van der Waals surface area contributed by atoms with Gasteiger partial charge in [-0.1, -0.05) is 61.0 Å². The highest BCUT2D eigenvalue weighted by Gasteiger charge is 2.21. The van der Waals surface area contributed by atoms with Gasteiger partial charge < -0.3 is 9.62 Å². The third-order valence-electron chi connectivity index (χ3n) is 5.22. The first-order chi connectivity index (χ1) is 13.0. The molecule has 5 heteroatoms. The van der Waals surface area contributed by atoms with Crippen LogP contribution in [0.1, 0.15) is 43.2 Å². The van der Waals surface area contributed by atoms with Crippen LogP contribution in [0.4, 0.5) is 5.69 Å². The number of hydrogen-bond acceptors (Lipinski definition) is 2. The molecule has 144 valence electrons. The van der Waals surface area contributed by atoms with Crippen LogP contribution in [-0.2, 0) is 16.6 Å². The molecule has 1 atom stereocenters. The third kappa shape index (κ3) is 5.94. The fourth-order valence-corrected chi connectivity index (χ4v) is 4.53. The van der Waals surface area contributed by atoms with Crippen LogP contribution < -0.4 is 4.90 Å². The molecule has 2 aromatic carbocycles. The third-order valence-corrected chi connectivity index (χ3v) is 6.15. The summed E-state index contributed by atoms with van der Waals surface area (Å²) in [5.41, 5.74) is 2.37. The smallest absolute Gasteiger partial charge is 0.116 e. The molecule has 0 saturated heterocycles. The van der Waals surface area contributed by atoms with E-state index in [9.17, 15) is 8.42 Å². The average Bonchev–Trinajstić information content (AvgIpc) is 2.69. The van der Waals surface area contributed by atoms with Gasteiger partial charge in [0.1, 0.15) is 16.6 Å². The SMILES string of the molecule is C[NH+](Cc1ccccc1[N-]S(=O)(=O)/C=C/c1ccccc1)C1CCCCC1. The Hall–Kier alpha value is -2.11. The number of rotatable bonds is 7. The molecule has 0 spiro atoms. The van der Waals surface area contributed by atoms with Crippen molar-refractivity contribution < 1.29 is 13.3 Å². The van der Waals surface area contributed by atoms with Crippen molar-refractivity contribution in [1.29, 1.82) is 0 Å². The second kappa shape index (κ2) is 9.20. The monoisotopic (exact) mass is 384 g/mol. The highest BCUT2D eigenvalue weighted by Crippen LogP contribution is 2.28. The molecule has 1 aliphatic rings. The zero-order valence-corrected chi connectivity index (χ0v) is 16.7. The average molecular weight is 385 g/mol. The second-order valence-corrected chi connectivity index (χ2v) is 8.79. The summed E-state index contributed by atoms with van der Waals surface area (Å²) in [7, 11) is -1.48. The minimum Gasteiger partial charge on any atom is -0.573 e. The molecular formula is C22H28N2O2S. The standard InChI is InChI=1S/C22H27N2O2S/c1-24(21-13-6-3-7-14-21)18-20-12-8-9-15-22(20)23-27(25,26)17-16-19-10-4-2-5-11-19/h2,4-5,8-12,15-17,21H,3,6-7,13-14,18H2,1H3/q-1/p+1/b17-16+. The Balaban J connectivity index is 1.70. The molecule has 0 aromatic heterocycles. The summed E-state index contributed by atoms with van der Waals surface area (Å²) in [5.74, 6) is 0. The molecule has 0 amide bonds. The van der Waals surface area contributed by atoms with Gasteiger partial charge in [-0.3, -0.25) is 0 Å². The van der Waals surface area contributed by atoms with Crippen LogP contribution in [0.15, 0.2) is 60.0 Å². The normalized spacial score (nSPS) is 17.1. The molecule has 1 aliphatic carbocycles. The Labute approximate surface area is 163 Å². The number of hydrogen-bond donors (Lipinski definition) is 1. The van der Waals surface area contributed by atoms with E-state index in [1.807, 2.05) is 48.5 Å². The predicted molar refractivity (Wildman–Crippen MR) is 111 cm³/mol. The Bertz CT molecular complexity index is 857. The first kappa shape index (κ1) is 19.6. The van der Waals surface area contributed by atoms with Gasteiger partial charge in [-0.25, -0.2) is 8.42 Å². The molecule has 1 unspecified atom stereocenters. The maximum absolute atomic E-state index is 12.5. The molecule has 0 heterocycles. The van der Waals surface area contributed by atoms with Crippen LogP contribution >= 0.6 is 0 Å². The van der Waals surface area contributed by atoms with Crippen molar-refractivity contribution in [2.24, 2.45) is 0 Å². The molecule has 27 heavy (non-hydrogen) atoms. The van der Waals surface area contributed by atoms with Gasteiger partial charge in [0, 0.05) is 5.41 Å². The van der Waals surface area contributed by atoms with E-state index in [1.54, 1.807) is 12.1 Å². The summed E-state index contributed by atoms with van der Waals surface area (Å²) in [6, 6.07) is 17.6. The van der Waals surface area contributed by atoms with Gasteiger partial charge in [-0.15, -0.1) is 5.69 Å². The molecule has 0 aliphatic heterocycles. The maximum Gasteiger partial charge on any atom is 0.116 e. The van der Waals surface area contributed by atoms with E-state index < -0.39 is 10.0 Å². The lowest BCUT2D eigenvalue weighted by Crippen LogP contribution is -3.11. The zero-order valence-electron chi connectivity index (χ0n) is 15.8. The summed E-state index contributed by atoms with van der Waals surface area (Å²) in [5, 5.41) is 1.18. The molecule has 1 N–H and O–H groups in total. The fraction of sp³-hybridized carbons (Fsp3) is 0.364. The van der Waals surface area contributed by atoms with Crippen LogP contribution in [0, 0.1) is 0 Å². The molecule has 0 radical (unpaired) electrons. The Morgan fingerprint density at radius 2 is 1.67 bits per heavy atom. The van der Waals surface area contributed by atoms with Crippen molar-refractivity contribution in [2.75, 3.05) is 7.05 Å².